The predicted octanol–water partition coefficient (Wildman–Crippen LogP) is 6.04. The molecule has 0 spiro atoms. The van der Waals surface area contributed by atoms with Crippen LogP contribution in [-0.4, -0.2) is 19.1 Å². The van der Waals surface area contributed by atoms with Gasteiger partial charge in [-0.15, -0.1) is 0 Å². The van der Waals surface area contributed by atoms with Crippen molar-refractivity contribution in [2.75, 3.05) is 0 Å². The fraction of sp³-hybridized carbons (Fsp3) is 0.231. The molecule has 0 heterocycles. The largest absolute Gasteiger partial charge is 0.488 e. The zero-order valence-electron chi connectivity index (χ0n) is 17.6. The number of halogens is 3. The topological polar surface area (TPSA) is 59.3 Å². The third kappa shape index (κ3) is 4.56. The number of nitriles is 1. The lowest BCUT2D eigenvalue weighted by atomic mass is 9.96. The van der Waals surface area contributed by atoms with Crippen LogP contribution in [0, 0.1) is 11.3 Å². The standard InChI is InChI=1S/C26H20F3NO3/c27-25(28)26(29)33-24-12-23(20-11-5-10-19(20)22(24)14-31)32-15-17-8-4-9-18(21(17)13-30)16-6-2-1-3-7-16/h1-4,6-9,12,14,25-26H,5,10-11,15H2. The minimum absolute atomic E-state index is 0.0315. The Balaban J connectivity index is 1.68. The Morgan fingerprint density at radius 3 is 2.45 bits per heavy atom. The first-order valence-electron chi connectivity index (χ1n) is 10.5. The summed E-state index contributed by atoms with van der Waals surface area (Å²) in [6, 6.07) is 18.5. The summed E-state index contributed by atoms with van der Waals surface area (Å²) >= 11 is 0. The van der Waals surface area contributed by atoms with Crippen molar-refractivity contribution in [1.82, 2.24) is 0 Å². The highest BCUT2D eigenvalue weighted by atomic mass is 19.3. The van der Waals surface area contributed by atoms with E-state index in [1.54, 1.807) is 6.07 Å². The minimum Gasteiger partial charge on any atom is -0.488 e. The van der Waals surface area contributed by atoms with Crippen molar-refractivity contribution in [3.63, 3.8) is 0 Å². The number of hydrogen-bond acceptors (Lipinski definition) is 4. The third-order valence-corrected chi connectivity index (χ3v) is 5.65. The Morgan fingerprint density at radius 2 is 1.76 bits per heavy atom. The van der Waals surface area contributed by atoms with Gasteiger partial charge < -0.3 is 9.47 Å². The predicted molar refractivity (Wildman–Crippen MR) is 116 cm³/mol. The number of hydrogen-bond donors (Lipinski definition) is 0. The van der Waals surface area contributed by atoms with E-state index in [-0.39, 0.29) is 17.9 Å². The molecule has 4 nitrogen and oxygen atoms in total. The second kappa shape index (κ2) is 9.78. The molecule has 0 amide bonds. The van der Waals surface area contributed by atoms with Gasteiger partial charge in [-0.25, -0.2) is 8.78 Å². The van der Waals surface area contributed by atoms with E-state index in [0.717, 1.165) is 23.1 Å². The fourth-order valence-electron chi connectivity index (χ4n) is 4.14. The Bertz CT molecular complexity index is 1210. The summed E-state index contributed by atoms with van der Waals surface area (Å²) in [5.74, 6) is 0.0607. The maximum absolute atomic E-state index is 13.6. The third-order valence-electron chi connectivity index (χ3n) is 5.65. The lowest BCUT2D eigenvalue weighted by Gasteiger charge is -2.18. The molecule has 1 atom stereocenters. The Hall–Kier alpha value is -3.79. The fourth-order valence-corrected chi connectivity index (χ4v) is 4.14. The van der Waals surface area contributed by atoms with E-state index in [1.165, 1.54) is 6.07 Å². The first-order valence-corrected chi connectivity index (χ1v) is 10.5. The van der Waals surface area contributed by atoms with Crippen LogP contribution in [0.2, 0.25) is 0 Å². The minimum atomic E-state index is -3.35. The number of aldehydes is 1. The van der Waals surface area contributed by atoms with E-state index in [2.05, 4.69) is 6.07 Å². The van der Waals surface area contributed by atoms with Crippen molar-refractivity contribution >= 4 is 6.29 Å². The Kier molecular flexibility index (Phi) is 6.64. The van der Waals surface area contributed by atoms with Crippen LogP contribution in [0.4, 0.5) is 13.2 Å². The molecule has 0 radical (unpaired) electrons. The van der Waals surface area contributed by atoms with E-state index in [4.69, 9.17) is 9.47 Å². The molecule has 0 saturated heterocycles. The smallest absolute Gasteiger partial charge is 0.304 e. The van der Waals surface area contributed by atoms with Crippen molar-refractivity contribution in [2.24, 2.45) is 0 Å². The highest BCUT2D eigenvalue weighted by Gasteiger charge is 2.28. The van der Waals surface area contributed by atoms with Gasteiger partial charge in [-0.1, -0.05) is 48.5 Å². The lowest BCUT2D eigenvalue weighted by Crippen LogP contribution is -2.20. The van der Waals surface area contributed by atoms with Crippen LogP contribution >= 0.6 is 0 Å². The summed E-state index contributed by atoms with van der Waals surface area (Å²) in [4.78, 5) is 11.6. The van der Waals surface area contributed by atoms with Crippen LogP contribution in [0.1, 0.15) is 39.0 Å². The highest BCUT2D eigenvalue weighted by Crippen LogP contribution is 2.39. The number of benzene rings is 3. The van der Waals surface area contributed by atoms with Gasteiger partial charge in [0.1, 0.15) is 24.2 Å². The maximum atomic E-state index is 13.6. The van der Waals surface area contributed by atoms with E-state index in [0.29, 0.717) is 41.6 Å². The number of carbonyl (C=O) groups excluding carboxylic acids is 1. The molecule has 0 fully saturated rings. The van der Waals surface area contributed by atoms with Crippen LogP contribution in [0.3, 0.4) is 0 Å². The number of rotatable bonds is 8. The van der Waals surface area contributed by atoms with Crippen LogP contribution < -0.4 is 9.47 Å². The van der Waals surface area contributed by atoms with Gasteiger partial charge in [-0.3, -0.25) is 4.79 Å². The van der Waals surface area contributed by atoms with Gasteiger partial charge in [0, 0.05) is 11.6 Å². The number of nitrogens with zero attached hydrogens (tertiary/aromatic N) is 1. The average molecular weight is 451 g/mol. The summed E-state index contributed by atoms with van der Waals surface area (Å²) in [5.41, 5.74) is 4.23. The van der Waals surface area contributed by atoms with E-state index in [9.17, 15) is 23.2 Å². The highest BCUT2D eigenvalue weighted by molar-refractivity contribution is 5.84. The lowest BCUT2D eigenvalue weighted by molar-refractivity contribution is -0.0671. The van der Waals surface area contributed by atoms with E-state index in [1.807, 2.05) is 42.5 Å². The SMILES string of the molecule is N#Cc1c(COc2cc(OC(F)C(F)F)c(C=O)c3c2CCC3)cccc1-c1ccccc1. The van der Waals surface area contributed by atoms with Crippen molar-refractivity contribution < 1.29 is 27.4 Å². The number of fused-ring (bicyclic) bond motifs is 1. The molecule has 0 aromatic heterocycles. The van der Waals surface area contributed by atoms with Gasteiger partial charge in [-0.05, 0) is 41.5 Å². The molecule has 1 unspecified atom stereocenters. The average Bonchev–Trinajstić information content (AvgIpc) is 3.32. The first-order chi connectivity index (χ1) is 16.0. The van der Waals surface area contributed by atoms with Gasteiger partial charge in [0.05, 0.1) is 11.1 Å². The molecular weight excluding hydrogens is 431 g/mol. The number of carbonyl (C=O) groups is 1. The number of ether oxygens (including phenoxy) is 2. The van der Waals surface area contributed by atoms with Crippen molar-refractivity contribution in [1.29, 1.82) is 5.26 Å². The van der Waals surface area contributed by atoms with Crippen LogP contribution in [0.25, 0.3) is 11.1 Å². The molecule has 0 saturated carbocycles. The molecule has 4 rings (SSSR count). The molecule has 168 valence electrons. The Morgan fingerprint density at radius 1 is 1.00 bits per heavy atom. The number of alkyl halides is 3. The molecule has 3 aromatic carbocycles. The zero-order valence-corrected chi connectivity index (χ0v) is 17.6. The van der Waals surface area contributed by atoms with Crippen LogP contribution in [0.15, 0.2) is 54.6 Å². The summed E-state index contributed by atoms with van der Waals surface area (Å²) < 4.78 is 49.8. The summed E-state index contributed by atoms with van der Waals surface area (Å²) in [6.07, 6.45) is -3.79. The van der Waals surface area contributed by atoms with Crippen molar-refractivity contribution in [2.45, 2.75) is 38.7 Å². The molecular formula is C26H20F3NO3. The van der Waals surface area contributed by atoms with Gasteiger partial charge >= 0.3 is 6.43 Å². The quantitative estimate of drug-likeness (QED) is 0.392. The molecule has 7 heteroatoms. The maximum Gasteiger partial charge on any atom is 0.304 e. The van der Waals surface area contributed by atoms with Crippen LogP contribution in [-0.2, 0) is 19.4 Å². The molecule has 0 aliphatic heterocycles. The molecule has 1 aliphatic carbocycles. The van der Waals surface area contributed by atoms with E-state index >= 15 is 0 Å². The monoisotopic (exact) mass is 451 g/mol. The summed E-state index contributed by atoms with van der Waals surface area (Å²) in [7, 11) is 0. The van der Waals surface area contributed by atoms with E-state index < -0.39 is 12.8 Å². The normalized spacial score (nSPS) is 13.3. The van der Waals surface area contributed by atoms with Gasteiger partial charge in [0.15, 0.2) is 6.29 Å². The molecule has 1 aliphatic rings. The van der Waals surface area contributed by atoms with Gasteiger partial charge in [0.25, 0.3) is 6.36 Å². The molecule has 0 bridgehead atoms. The van der Waals surface area contributed by atoms with Crippen molar-refractivity contribution in [3.8, 4) is 28.7 Å². The second-order valence-corrected chi connectivity index (χ2v) is 7.62. The summed E-state index contributed by atoms with van der Waals surface area (Å²) in [5, 5.41) is 9.80. The Labute approximate surface area is 189 Å². The zero-order chi connectivity index (χ0) is 23.4. The molecule has 0 N–H and O–H groups in total. The van der Waals surface area contributed by atoms with Crippen molar-refractivity contribution in [3.05, 3.63) is 82.4 Å². The first kappa shape index (κ1) is 22.4. The van der Waals surface area contributed by atoms with Gasteiger partial charge in [0.2, 0.25) is 0 Å². The molecule has 33 heavy (non-hydrogen) atoms. The van der Waals surface area contributed by atoms with Gasteiger partial charge in [-0.2, -0.15) is 9.65 Å². The second-order valence-electron chi connectivity index (χ2n) is 7.62. The summed E-state index contributed by atoms with van der Waals surface area (Å²) in [6.45, 7) is 0.0315. The molecule has 3 aromatic rings. The van der Waals surface area contributed by atoms with Crippen LogP contribution in [0.5, 0.6) is 11.5 Å².